The van der Waals surface area contributed by atoms with Gasteiger partial charge < -0.3 is 15.2 Å². The van der Waals surface area contributed by atoms with Crippen LogP contribution in [0.5, 0.6) is 0 Å². The topological polar surface area (TPSA) is 67.2 Å². The first kappa shape index (κ1) is 17.0. The summed E-state index contributed by atoms with van der Waals surface area (Å²) in [5.41, 5.74) is 0.267. The summed E-state index contributed by atoms with van der Waals surface area (Å²) in [6, 6.07) is 5.42. The van der Waals surface area contributed by atoms with Crippen LogP contribution in [0.2, 0.25) is 4.34 Å². The van der Waals surface area contributed by atoms with Gasteiger partial charge in [-0.25, -0.2) is 0 Å². The van der Waals surface area contributed by atoms with E-state index in [0.717, 1.165) is 4.88 Å². The number of hydrogen-bond donors (Lipinski definition) is 2. The number of likely N-dealkylation sites (N-methyl/N-ethyl adjacent to an activating group) is 1. The smallest absolute Gasteiger partial charge is 0.273 e. The molecule has 0 saturated carbocycles. The lowest BCUT2D eigenvalue weighted by Gasteiger charge is -2.09. The molecule has 0 aliphatic rings. The maximum Gasteiger partial charge on any atom is 0.273 e. The number of carbonyl (C=O) groups excluding carboxylic acids is 1. The van der Waals surface area contributed by atoms with Crippen LogP contribution in [0, 0.1) is 0 Å². The van der Waals surface area contributed by atoms with Gasteiger partial charge in [0.15, 0.2) is 11.5 Å². The minimum absolute atomic E-state index is 0. The fraction of sp³-hybridized carbons (Fsp3) is 0.333. The third kappa shape index (κ3) is 4.21. The molecule has 110 valence electrons. The molecule has 5 nitrogen and oxygen atoms in total. The van der Waals surface area contributed by atoms with Gasteiger partial charge in [-0.15, -0.1) is 23.7 Å². The van der Waals surface area contributed by atoms with Crippen LogP contribution in [0.4, 0.5) is 0 Å². The Morgan fingerprint density at radius 1 is 1.55 bits per heavy atom. The van der Waals surface area contributed by atoms with Crippen LogP contribution < -0.4 is 10.6 Å². The van der Waals surface area contributed by atoms with E-state index in [9.17, 15) is 4.79 Å². The Balaban J connectivity index is 0.00000200. The quantitative estimate of drug-likeness (QED) is 0.881. The van der Waals surface area contributed by atoms with E-state index >= 15 is 0 Å². The van der Waals surface area contributed by atoms with Gasteiger partial charge in [-0.05, 0) is 26.1 Å². The van der Waals surface area contributed by atoms with Crippen LogP contribution in [0.15, 0.2) is 22.7 Å². The summed E-state index contributed by atoms with van der Waals surface area (Å²) < 4.78 is 5.81. The second-order valence-electron chi connectivity index (χ2n) is 4.08. The predicted octanol–water partition coefficient (Wildman–Crippen LogP) is 2.82. The number of amides is 1. The van der Waals surface area contributed by atoms with Gasteiger partial charge in [0.25, 0.3) is 5.91 Å². The molecule has 0 aliphatic carbocycles. The zero-order chi connectivity index (χ0) is 13.8. The lowest BCUT2D eigenvalue weighted by Crippen LogP contribution is -2.37. The highest BCUT2D eigenvalue weighted by Gasteiger charge is 2.15. The first-order valence-corrected chi connectivity index (χ1v) is 6.97. The summed E-state index contributed by atoms with van der Waals surface area (Å²) in [6.07, 6.45) is 0. The molecule has 0 bridgehead atoms. The number of hydrogen-bond acceptors (Lipinski definition) is 5. The van der Waals surface area contributed by atoms with E-state index in [-0.39, 0.29) is 30.0 Å². The molecule has 8 heteroatoms. The van der Waals surface area contributed by atoms with Gasteiger partial charge in [-0.1, -0.05) is 16.8 Å². The zero-order valence-electron chi connectivity index (χ0n) is 11.0. The van der Waals surface area contributed by atoms with Gasteiger partial charge in [0.1, 0.15) is 0 Å². The summed E-state index contributed by atoms with van der Waals surface area (Å²) in [4.78, 5) is 12.7. The largest absolute Gasteiger partial charge is 0.355 e. The summed E-state index contributed by atoms with van der Waals surface area (Å²) in [6.45, 7) is 2.50. The van der Waals surface area contributed by atoms with Crippen LogP contribution in [0.25, 0.3) is 10.6 Å². The van der Waals surface area contributed by atoms with Crippen molar-refractivity contribution in [2.24, 2.45) is 0 Å². The van der Waals surface area contributed by atoms with Gasteiger partial charge in [0.05, 0.1) is 9.21 Å². The van der Waals surface area contributed by atoms with Gasteiger partial charge in [-0.2, -0.15) is 0 Å². The Hall–Kier alpha value is -1.08. The first-order chi connectivity index (χ1) is 9.10. The van der Waals surface area contributed by atoms with E-state index in [1.54, 1.807) is 12.1 Å². The SMILES string of the molecule is CNC(C)CNC(=O)c1cc(-c2ccc(Cl)s2)on1.Cl. The number of nitrogens with one attached hydrogen (secondary N) is 2. The molecule has 2 aromatic rings. The Labute approximate surface area is 132 Å². The normalized spacial score (nSPS) is 11.8. The van der Waals surface area contributed by atoms with Gasteiger partial charge in [0, 0.05) is 18.7 Å². The highest BCUT2D eigenvalue weighted by molar-refractivity contribution is 7.19. The van der Waals surface area contributed by atoms with Gasteiger partial charge in [-0.3, -0.25) is 4.79 Å². The number of rotatable bonds is 5. The predicted molar refractivity (Wildman–Crippen MR) is 82.9 cm³/mol. The molecule has 0 fully saturated rings. The Morgan fingerprint density at radius 3 is 2.90 bits per heavy atom. The monoisotopic (exact) mass is 335 g/mol. The highest BCUT2D eigenvalue weighted by Crippen LogP contribution is 2.31. The maximum atomic E-state index is 11.8. The van der Waals surface area contributed by atoms with Crippen molar-refractivity contribution >= 4 is 41.3 Å². The van der Waals surface area contributed by atoms with E-state index in [0.29, 0.717) is 16.6 Å². The third-order valence-electron chi connectivity index (χ3n) is 2.62. The Bertz CT molecular complexity index is 571. The van der Waals surface area contributed by atoms with Crippen molar-refractivity contribution < 1.29 is 9.32 Å². The average molecular weight is 336 g/mol. The molecule has 2 heterocycles. The van der Waals surface area contributed by atoms with Crippen molar-refractivity contribution in [3.8, 4) is 10.6 Å². The number of carbonyl (C=O) groups is 1. The van der Waals surface area contributed by atoms with Crippen LogP contribution >= 0.6 is 35.3 Å². The second-order valence-corrected chi connectivity index (χ2v) is 5.79. The van der Waals surface area contributed by atoms with Crippen molar-refractivity contribution in [1.29, 1.82) is 0 Å². The number of thiophene rings is 1. The maximum absolute atomic E-state index is 11.8. The van der Waals surface area contributed by atoms with Gasteiger partial charge >= 0.3 is 0 Å². The van der Waals surface area contributed by atoms with Crippen molar-refractivity contribution in [3.63, 3.8) is 0 Å². The molecule has 0 spiro atoms. The highest BCUT2D eigenvalue weighted by atomic mass is 35.5. The number of nitrogens with zero attached hydrogens (tertiary/aromatic N) is 1. The standard InChI is InChI=1S/C12H14ClN3O2S.ClH/c1-7(14-2)6-15-12(17)8-5-9(18-16-8)10-3-4-11(13)19-10;/h3-5,7,14H,6H2,1-2H3,(H,15,17);1H. The lowest BCUT2D eigenvalue weighted by molar-refractivity contribution is 0.0941. The molecule has 20 heavy (non-hydrogen) atoms. The Morgan fingerprint density at radius 2 is 2.30 bits per heavy atom. The van der Waals surface area contributed by atoms with Crippen molar-refractivity contribution in [2.45, 2.75) is 13.0 Å². The minimum atomic E-state index is -0.250. The summed E-state index contributed by atoms with van der Waals surface area (Å²) in [5, 5.41) is 9.57. The lowest BCUT2D eigenvalue weighted by atomic mass is 10.3. The van der Waals surface area contributed by atoms with E-state index in [4.69, 9.17) is 16.1 Å². The Kier molecular flexibility index (Phi) is 6.48. The van der Waals surface area contributed by atoms with Crippen LogP contribution in [0.1, 0.15) is 17.4 Å². The van der Waals surface area contributed by atoms with Crippen molar-refractivity contribution in [3.05, 3.63) is 28.2 Å². The fourth-order valence-electron chi connectivity index (χ4n) is 1.38. The van der Waals surface area contributed by atoms with E-state index < -0.39 is 0 Å². The molecular formula is C12H15Cl2N3O2S. The molecule has 0 saturated heterocycles. The summed E-state index contributed by atoms with van der Waals surface area (Å²) >= 11 is 7.23. The minimum Gasteiger partial charge on any atom is -0.355 e. The van der Waals surface area contributed by atoms with Crippen molar-refractivity contribution in [2.75, 3.05) is 13.6 Å². The fourth-order valence-corrected chi connectivity index (χ4v) is 2.37. The molecule has 2 aromatic heterocycles. The van der Waals surface area contributed by atoms with Crippen LogP contribution in [0.3, 0.4) is 0 Å². The van der Waals surface area contributed by atoms with E-state index in [1.165, 1.54) is 11.3 Å². The molecule has 1 amide bonds. The molecule has 0 radical (unpaired) electrons. The van der Waals surface area contributed by atoms with E-state index in [1.807, 2.05) is 20.0 Å². The first-order valence-electron chi connectivity index (χ1n) is 5.78. The van der Waals surface area contributed by atoms with Crippen molar-refractivity contribution in [1.82, 2.24) is 15.8 Å². The second kappa shape index (κ2) is 7.64. The van der Waals surface area contributed by atoms with Crippen LogP contribution in [-0.4, -0.2) is 30.7 Å². The molecule has 1 unspecified atom stereocenters. The molecule has 1 atom stereocenters. The number of aromatic nitrogens is 1. The average Bonchev–Trinajstić information content (AvgIpc) is 3.03. The van der Waals surface area contributed by atoms with Crippen LogP contribution in [-0.2, 0) is 0 Å². The summed E-state index contributed by atoms with van der Waals surface area (Å²) in [7, 11) is 1.84. The van der Waals surface area contributed by atoms with Gasteiger partial charge in [0.2, 0.25) is 0 Å². The molecular weight excluding hydrogens is 321 g/mol. The molecule has 0 aromatic carbocycles. The summed E-state index contributed by atoms with van der Waals surface area (Å²) in [5.74, 6) is 0.295. The number of halogens is 2. The molecule has 2 N–H and O–H groups in total. The molecule has 2 rings (SSSR count). The molecule has 0 aliphatic heterocycles. The third-order valence-corrected chi connectivity index (χ3v) is 3.87. The van der Waals surface area contributed by atoms with E-state index in [2.05, 4.69) is 15.8 Å². The zero-order valence-corrected chi connectivity index (χ0v) is 13.4.